The van der Waals surface area contributed by atoms with Gasteiger partial charge in [0.1, 0.15) is 5.69 Å². The summed E-state index contributed by atoms with van der Waals surface area (Å²) in [5, 5.41) is 2.79. The van der Waals surface area contributed by atoms with Crippen LogP contribution in [0.2, 0.25) is 0 Å². The quantitative estimate of drug-likeness (QED) is 0.293. The monoisotopic (exact) mass is 394 g/mol. The summed E-state index contributed by atoms with van der Waals surface area (Å²) in [5.74, 6) is -0.170. The van der Waals surface area contributed by atoms with Gasteiger partial charge in [-0.05, 0) is 31.1 Å². The minimum atomic E-state index is -0.170. The smallest absolute Gasteiger partial charge is 0.247 e. The van der Waals surface area contributed by atoms with Gasteiger partial charge in [-0.25, -0.2) is 0 Å². The van der Waals surface area contributed by atoms with E-state index in [1.54, 1.807) is 0 Å². The van der Waals surface area contributed by atoms with Gasteiger partial charge in [0, 0.05) is 17.8 Å². The molecule has 0 unspecified atom stereocenters. The molecule has 1 N–H and O–H groups in total. The molecule has 0 bridgehead atoms. The highest BCUT2D eigenvalue weighted by Crippen LogP contribution is 2.22. The van der Waals surface area contributed by atoms with Crippen LogP contribution in [-0.4, -0.2) is 26.5 Å². The van der Waals surface area contributed by atoms with Crippen LogP contribution in [0, 0.1) is 0 Å². The van der Waals surface area contributed by atoms with Crippen LogP contribution in [-0.2, 0) is 4.79 Å². The number of unbranched alkanes of at least 4 members (excludes halogenated alkanes) is 9. The Labute approximate surface area is 173 Å². The molecule has 0 radical (unpaired) electrons. The van der Waals surface area contributed by atoms with Gasteiger partial charge in [-0.2, -0.15) is 0 Å². The third kappa shape index (κ3) is 11.2. The number of halogens is 1. The van der Waals surface area contributed by atoms with Gasteiger partial charge < -0.3 is 17.7 Å². The fourth-order valence-corrected chi connectivity index (χ4v) is 3.27. The van der Waals surface area contributed by atoms with Crippen molar-refractivity contribution in [3.05, 3.63) is 36.9 Å². The minimum absolute atomic E-state index is 0. The lowest BCUT2D eigenvalue weighted by molar-refractivity contribution is -0.111. The molecule has 154 valence electrons. The van der Waals surface area contributed by atoms with E-state index in [1.807, 2.05) is 12.1 Å². The first-order valence-electron chi connectivity index (χ1n) is 10.4. The van der Waals surface area contributed by atoms with Crippen molar-refractivity contribution in [2.75, 3.05) is 26.0 Å². The van der Waals surface area contributed by atoms with Crippen LogP contribution in [0.15, 0.2) is 36.9 Å². The Morgan fingerprint density at radius 2 is 1.41 bits per heavy atom. The van der Waals surface area contributed by atoms with Crippen LogP contribution >= 0.6 is 0 Å². The second-order valence-electron chi connectivity index (χ2n) is 7.83. The van der Waals surface area contributed by atoms with Gasteiger partial charge in [-0.1, -0.05) is 64.9 Å². The largest absolute Gasteiger partial charge is 1.00 e. The molecule has 3 nitrogen and oxygen atoms in total. The van der Waals surface area contributed by atoms with E-state index in [4.69, 9.17) is 0 Å². The zero-order valence-electron chi connectivity index (χ0n) is 17.6. The van der Waals surface area contributed by atoms with Crippen molar-refractivity contribution in [3.63, 3.8) is 0 Å². The van der Waals surface area contributed by atoms with Gasteiger partial charge in [0.2, 0.25) is 5.91 Å². The molecule has 1 amide bonds. The number of quaternary nitrogens is 1. The summed E-state index contributed by atoms with van der Waals surface area (Å²) in [6.07, 6.45) is 15.0. The number of anilines is 1. The van der Waals surface area contributed by atoms with Crippen LogP contribution in [0.4, 0.5) is 11.4 Å². The first-order valence-corrected chi connectivity index (χ1v) is 10.4. The maximum atomic E-state index is 11.3. The lowest BCUT2D eigenvalue weighted by Gasteiger charge is -2.29. The number of nitrogens with one attached hydrogen (secondary N) is 1. The zero-order chi connectivity index (χ0) is 19.3. The summed E-state index contributed by atoms with van der Waals surface area (Å²) in [4.78, 5) is 11.3. The first kappa shape index (κ1) is 25.7. The third-order valence-electron chi connectivity index (χ3n) is 5.09. The number of carbonyl (C=O) groups is 1. The number of benzene rings is 1. The van der Waals surface area contributed by atoms with E-state index in [2.05, 4.69) is 45.0 Å². The fraction of sp³-hybridized carbons (Fsp3) is 0.609. The number of hydrogen-bond donors (Lipinski definition) is 1. The molecule has 4 heteroatoms. The second kappa shape index (κ2) is 14.7. The average Bonchev–Trinajstić information content (AvgIpc) is 2.63. The van der Waals surface area contributed by atoms with E-state index in [9.17, 15) is 4.79 Å². The summed E-state index contributed by atoms with van der Waals surface area (Å²) < 4.78 is 0.882. The molecule has 0 spiro atoms. The highest BCUT2D eigenvalue weighted by Gasteiger charge is 2.18. The van der Waals surface area contributed by atoms with Crippen LogP contribution in [0.5, 0.6) is 0 Å². The molecular weight excluding hydrogens is 356 g/mol. The maximum absolute atomic E-state index is 11.3. The predicted molar refractivity (Wildman–Crippen MR) is 116 cm³/mol. The van der Waals surface area contributed by atoms with E-state index in [1.165, 1.54) is 76.0 Å². The highest BCUT2D eigenvalue weighted by molar-refractivity contribution is 5.98. The molecule has 0 atom stereocenters. The standard InChI is InChI=1S/C23H38N2O.ClH/c1-5-7-8-9-10-11-12-13-14-15-20-25(3,4)22-18-16-21(17-19-22)24-23(26)6-2;/h6,16-19H,2,5,7-15,20H2,1,3-4H3;1H. The fourth-order valence-electron chi connectivity index (χ4n) is 3.27. The lowest BCUT2D eigenvalue weighted by Crippen LogP contribution is -3.00. The summed E-state index contributed by atoms with van der Waals surface area (Å²) >= 11 is 0. The van der Waals surface area contributed by atoms with Gasteiger partial charge in [-0.3, -0.25) is 9.28 Å². The van der Waals surface area contributed by atoms with Gasteiger partial charge in [0.15, 0.2) is 0 Å². The van der Waals surface area contributed by atoms with Crippen molar-refractivity contribution in [2.45, 2.75) is 71.1 Å². The SMILES string of the molecule is C=CC(=O)Nc1ccc([N+](C)(C)CCCCCCCCCCCC)cc1.[Cl-]. The molecule has 0 saturated heterocycles. The Morgan fingerprint density at radius 1 is 0.926 bits per heavy atom. The second-order valence-corrected chi connectivity index (χ2v) is 7.83. The summed E-state index contributed by atoms with van der Waals surface area (Å²) in [6.45, 7) is 6.90. The molecule has 1 aromatic rings. The molecule has 0 aliphatic carbocycles. The first-order chi connectivity index (χ1) is 12.5. The molecule has 0 aromatic heterocycles. The van der Waals surface area contributed by atoms with Crippen molar-refractivity contribution in [3.8, 4) is 0 Å². The number of amides is 1. The molecule has 1 aromatic carbocycles. The molecule has 1 rings (SSSR count). The molecule has 0 heterocycles. The number of hydrogen-bond acceptors (Lipinski definition) is 1. The average molecular weight is 395 g/mol. The minimum Gasteiger partial charge on any atom is -1.00 e. The molecule has 27 heavy (non-hydrogen) atoms. The molecule has 0 saturated carbocycles. The maximum Gasteiger partial charge on any atom is 0.247 e. The Balaban J connectivity index is 0.00000676. The molecule has 0 aliphatic rings. The van der Waals surface area contributed by atoms with E-state index in [0.29, 0.717) is 0 Å². The van der Waals surface area contributed by atoms with E-state index in [-0.39, 0.29) is 18.3 Å². The Hall–Kier alpha value is -1.32. The third-order valence-corrected chi connectivity index (χ3v) is 5.09. The van der Waals surface area contributed by atoms with Crippen molar-refractivity contribution in [1.29, 1.82) is 0 Å². The zero-order valence-corrected chi connectivity index (χ0v) is 18.4. The summed E-state index contributed by atoms with van der Waals surface area (Å²) in [5.41, 5.74) is 2.09. The number of carbonyl (C=O) groups excluding carboxylic acids is 1. The number of nitrogens with zero attached hydrogens (tertiary/aromatic N) is 1. The Morgan fingerprint density at radius 3 is 1.89 bits per heavy atom. The van der Waals surface area contributed by atoms with Gasteiger partial charge in [0.05, 0.1) is 20.6 Å². The van der Waals surface area contributed by atoms with Crippen molar-refractivity contribution < 1.29 is 17.2 Å². The van der Waals surface area contributed by atoms with Crippen LogP contribution in [0.3, 0.4) is 0 Å². The summed E-state index contributed by atoms with van der Waals surface area (Å²) in [7, 11) is 4.51. The Kier molecular flexibility index (Phi) is 14.0. The lowest BCUT2D eigenvalue weighted by atomic mass is 10.1. The molecular formula is C23H39ClN2O. The topological polar surface area (TPSA) is 29.1 Å². The Bertz CT molecular complexity index is 526. The summed E-state index contributed by atoms with van der Waals surface area (Å²) in [6, 6.07) is 8.15. The molecule has 0 aliphatic heterocycles. The highest BCUT2D eigenvalue weighted by atomic mass is 35.5. The van der Waals surface area contributed by atoms with Crippen LogP contribution in [0.25, 0.3) is 0 Å². The van der Waals surface area contributed by atoms with Gasteiger partial charge >= 0.3 is 0 Å². The molecule has 0 fully saturated rings. The van der Waals surface area contributed by atoms with E-state index >= 15 is 0 Å². The van der Waals surface area contributed by atoms with E-state index < -0.39 is 0 Å². The van der Waals surface area contributed by atoms with Crippen molar-refractivity contribution >= 4 is 17.3 Å². The predicted octanol–water partition coefficient (Wildman–Crippen LogP) is 3.30. The van der Waals surface area contributed by atoms with Gasteiger partial charge in [-0.15, -0.1) is 0 Å². The van der Waals surface area contributed by atoms with Crippen molar-refractivity contribution in [2.24, 2.45) is 0 Å². The normalized spacial score (nSPS) is 10.9. The van der Waals surface area contributed by atoms with E-state index in [0.717, 1.165) is 16.7 Å². The van der Waals surface area contributed by atoms with Gasteiger partial charge in [0.25, 0.3) is 0 Å². The van der Waals surface area contributed by atoms with Crippen molar-refractivity contribution in [1.82, 2.24) is 4.48 Å². The van der Waals surface area contributed by atoms with Crippen LogP contribution < -0.4 is 22.2 Å². The number of rotatable bonds is 14. The van der Waals surface area contributed by atoms with Crippen LogP contribution in [0.1, 0.15) is 71.1 Å².